The monoisotopic (exact) mass is 243 g/mol. The first kappa shape index (κ1) is 13.3. The highest BCUT2D eigenvalue weighted by atomic mass is 32.2. The number of rotatable bonds is 5. The molecule has 0 radical (unpaired) electrons. The molecule has 90 valence electrons. The van der Waals surface area contributed by atoms with Crippen molar-refractivity contribution in [3.05, 3.63) is 29.6 Å². The van der Waals surface area contributed by atoms with Gasteiger partial charge >= 0.3 is 0 Å². The molecule has 0 bridgehead atoms. The van der Waals surface area contributed by atoms with Gasteiger partial charge in [-0.15, -0.1) is 0 Å². The molecule has 0 fully saturated rings. The smallest absolute Gasteiger partial charge is 0.130 e. The molecule has 4 heteroatoms. The number of thioether (sulfide) groups is 1. The number of halogens is 1. The second kappa shape index (κ2) is 5.55. The van der Waals surface area contributed by atoms with E-state index in [1.54, 1.807) is 23.9 Å². The zero-order chi connectivity index (χ0) is 12.2. The van der Waals surface area contributed by atoms with E-state index in [0.29, 0.717) is 17.1 Å². The van der Waals surface area contributed by atoms with Gasteiger partial charge in [0.15, 0.2) is 0 Å². The maximum atomic E-state index is 13.5. The van der Waals surface area contributed by atoms with Gasteiger partial charge in [-0.25, -0.2) is 4.39 Å². The van der Waals surface area contributed by atoms with Crippen LogP contribution in [0.1, 0.15) is 19.4 Å². The van der Waals surface area contributed by atoms with E-state index in [1.165, 1.54) is 13.2 Å². The summed E-state index contributed by atoms with van der Waals surface area (Å²) in [6.07, 6.45) is 0. The molecule has 0 aliphatic carbocycles. The molecule has 1 aromatic carbocycles. The van der Waals surface area contributed by atoms with Crippen molar-refractivity contribution in [2.24, 2.45) is 5.73 Å². The van der Waals surface area contributed by atoms with Crippen molar-refractivity contribution >= 4 is 11.8 Å². The maximum absolute atomic E-state index is 13.5. The number of nitrogens with two attached hydrogens (primary N) is 1. The van der Waals surface area contributed by atoms with Gasteiger partial charge in [0, 0.05) is 23.1 Å². The van der Waals surface area contributed by atoms with E-state index in [9.17, 15) is 4.39 Å². The molecule has 2 nitrogen and oxygen atoms in total. The van der Waals surface area contributed by atoms with E-state index in [4.69, 9.17) is 10.5 Å². The van der Waals surface area contributed by atoms with Gasteiger partial charge in [0.1, 0.15) is 11.6 Å². The van der Waals surface area contributed by atoms with Gasteiger partial charge in [-0.3, -0.25) is 0 Å². The second-order valence-corrected chi connectivity index (χ2v) is 5.42. The summed E-state index contributed by atoms with van der Waals surface area (Å²) < 4.78 is 18.5. The Morgan fingerprint density at radius 3 is 2.62 bits per heavy atom. The number of hydrogen-bond acceptors (Lipinski definition) is 3. The van der Waals surface area contributed by atoms with Crippen molar-refractivity contribution in [1.82, 2.24) is 0 Å². The van der Waals surface area contributed by atoms with E-state index >= 15 is 0 Å². The van der Waals surface area contributed by atoms with E-state index in [0.717, 1.165) is 5.75 Å². The van der Waals surface area contributed by atoms with Crippen LogP contribution < -0.4 is 10.5 Å². The number of methoxy groups -OCH3 is 1. The van der Waals surface area contributed by atoms with E-state index in [1.807, 2.05) is 13.8 Å². The van der Waals surface area contributed by atoms with Gasteiger partial charge in [0.05, 0.1) is 7.11 Å². The summed E-state index contributed by atoms with van der Waals surface area (Å²) in [6.45, 7) is 3.93. The van der Waals surface area contributed by atoms with Crippen molar-refractivity contribution in [2.75, 3.05) is 12.9 Å². The van der Waals surface area contributed by atoms with Gasteiger partial charge in [0.25, 0.3) is 0 Å². The highest BCUT2D eigenvalue weighted by molar-refractivity contribution is 7.98. The molecule has 0 unspecified atom stereocenters. The molecule has 0 aliphatic rings. The Kier molecular flexibility index (Phi) is 4.62. The van der Waals surface area contributed by atoms with Crippen molar-refractivity contribution in [3.63, 3.8) is 0 Å². The van der Waals surface area contributed by atoms with E-state index in [-0.39, 0.29) is 11.4 Å². The maximum Gasteiger partial charge on any atom is 0.130 e. The molecule has 0 saturated heterocycles. The first-order chi connectivity index (χ1) is 7.42. The Labute approximate surface area is 100 Å². The lowest BCUT2D eigenvalue weighted by Crippen LogP contribution is -2.34. The van der Waals surface area contributed by atoms with Crippen molar-refractivity contribution in [2.45, 2.75) is 25.1 Å². The Balaban J connectivity index is 2.55. The topological polar surface area (TPSA) is 35.2 Å². The van der Waals surface area contributed by atoms with Gasteiger partial charge in [-0.2, -0.15) is 11.8 Å². The Hall–Kier alpha value is -0.740. The highest BCUT2D eigenvalue weighted by Gasteiger charge is 2.11. The van der Waals surface area contributed by atoms with Crippen LogP contribution in [0.25, 0.3) is 0 Å². The first-order valence-electron chi connectivity index (χ1n) is 5.11. The lowest BCUT2D eigenvalue weighted by molar-refractivity contribution is 0.411. The van der Waals surface area contributed by atoms with E-state index in [2.05, 4.69) is 0 Å². The third kappa shape index (κ3) is 4.41. The number of benzene rings is 1. The van der Waals surface area contributed by atoms with Crippen LogP contribution in [0.2, 0.25) is 0 Å². The normalized spacial score (nSPS) is 11.6. The van der Waals surface area contributed by atoms with Crippen LogP contribution in [0.3, 0.4) is 0 Å². The van der Waals surface area contributed by atoms with Gasteiger partial charge in [-0.1, -0.05) is 6.07 Å². The first-order valence-corrected chi connectivity index (χ1v) is 6.27. The molecule has 16 heavy (non-hydrogen) atoms. The fourth-order valence-electron chi connectivity index (χ4n) is 1.20. The predicted octanol–water partition coefficient (Wildman–Crippen LogP) is 2.80. The molecule has 0 atom stereocenters. The largest absolute Gasteiger partial charge is 0.497 e. The van der Waals surface area contributed by atoms with Gasteiger partial charge in [-0.05, 0) is 25.5 Å². The van der Waals surface area contributed by atoms with Crippen LogP contribution in [0.5, 0.6) is 5.75 Å². The summed E-state index contributed by atoms with van der Waals surface area (Å²) in [4.78, 5) is 0. The summed E-state index contributed by atoms with van der Waals surface area (Å²) in [5.41, 5.74) is 6.32. The highest BCUT2D eigenvalue weighted by Crippen LogP contribution is 2.22. The minimum Gasteiger partial charge on any atom is -0.497 e. The third-order valence-corrected chi connectivity index (χ3v) is 3.46. The lowest BCUT2D eigenvalue weighted by atomic mass is 10.1. The molecule has 0 aliphatic heterocycles. The summed E-state index contributed by atoms with van der Waals surface area (Å²) in [6, 6.07) is 4.93. The molecular formula is C12H18FNOS. The molecule has 0 spiro atoms. The Morgan fingerprint density at radius 1 is 1.44 bits per heavy atom. The summed E-state index contributed by atoms with van der Waals surface area (Å²) in [5.74, 6) is 1.77. The average Bonchev–Trinajstić information content (AvgIpc) is 2.18. The molecule has 0 aromatic heterocycles. The molecule has 2 N–H and O–H groups in total. The fourth-order valence-corrected chi connectivity index (χ4v) is 2.28. The Bertz CT molecular complexity index is 349. The van der Waals surface area contributed by atoms with Crippen LogP contribution >= 0.6 is 11.8 Å². The molecule has 0 amide bonds. The minimum absolute atomic E-state index is 0.215. The van der Waals surface area contributed by atoms with Crippen LogP contribution in [-0.4, -0.2) is 18.4 Å². The van der Waals surface area contributed by atoms with E-state index < -0.39 is 0 Å². The predicted molar refractivity (Wildman–Crippen MR) is 67.4 cm³/mol. The zero-order valence-electron chi connectivity index (χ0n) is 9.92. The lowest BCUT2D eigenvalue weighted by Gasteiger charge is -2.17. The van der Waals surface area contributed by atoms with Gasteiger partial charge < -0.3 is 10.5 Å². The zero-order valence-corrected chi connectivity index (χ0v) is 10.7. The van der Waals surface area contributed by atoms with Crippen LogP contribution in [0, 0.1) is 5.82 Å². The second-order valence-electron chi connectivity index (χ2n) is 4.44. The van der Waals surface area contributed by atoms with Crippen LogP contribution in [0.4, 0.5) is 4.39 Å². The van der Waals surface area contributed by atoms with Crippen molar-refractivity contribution < 1.29 is 9.13 Å². The Morgan fingerprint density at radius 2 is 2.12 bits per heavy atom. The third-order valence-electron chi connectivity index (χ3n) is 1.99. The van der Waals surface area contributed by atoms with Crippen molar-refractivity contribution in [1.29, 1.82) is 0 Å². The van der Waals surface area contributed by atoms with Crippen LogP contribution in [-0.2, 0) is 5.75 Å². The molecule has 1 rings (SSSR count). The molecule has 0 heterocycles. The standard InChI is InChI=1S/C12H18FNOS/c1-12(2,14)8-16-7-9-4-5-10(15-3)6-11(9)13/h4-6H,7-8,14H2,1-3H3. The van der Waals surface area contributed by atoms with Gasteiger partial charge in [0.2, 0.25) is 0 Å². The fraction of sp³-hybridized carbons (Fsp3) is 0.500. The minimum atomic E-state index is -0.221. The molecule has 0 saturated carbocycles. The van der Waals surface area contributed by atoms with Crippen LogP contribution in [0.15, 0.2) is 18.2 Å². The molecule has 1 aromatic rings. The van der Waals surface area contributed by atoms with Crippen molar-refractivity contribution in [3.8, 4) is 5.75 Å². The molecular weight excluding hydrogens is 225 g/mol. The SMILES string of the molecule is COc1ccc(CSCC(C)(C)N)c(F)c1. The number of ether oxygens (including phenoxy) is 1. The summed E-state index contributed by atoms with van der Waals surface area (Å²) in [7, 11) is 1.53. The quantitative estimate of drug-likeness (QED) is 0.863. The average molecular weight is 243 g/mol. The summed E-state index contributed by atoms with van der Waals surface area (Å²) in [5, 5.41) is 0. The summed E-state index contributed by atoms with van der Waals surface area (Å²) >= 11 is 1.64. The number of hydrogen-bond donors (Lipinski definition) is 1.